The number of rotatable bonds is 19. The molecule has 0 bridgehead atoms. The molecule has 6 N–H and O–H groups in total. The molecule has 16 aromatic rings. The molecule has 0 radical (unpaired) electrons. The number of nitrogens with zero attached hydrogens (tertiary/aromatic N) is 7. The van der Waals surface area contributed by atoms with Crippen molar-refractivity contribution in [3.05, 3.63) is 386 Å². The number of ether oxygens (including phenoxy) is 1. The van der Waals surface area contributed by atoms with E-state index < -0.39 is 42.7 Å². The summed E-state index contributed by atoms with van der Waals surface area (Å²) in [5.41, 5.74) is 25.4. The Bertz CT molecular complexity index is 6750. The number of aryl methyl sites for hydroxylation is 3. The number of hydrogen-bond donors (Lipinski definition) is 6. The van der Waals surface area contributed by atoms with Crippen molar-refractivity contribution in [3.8, 4) is 40.7 Å². The van der Waals surface area contributed by atoms with Gasteiger partial charge in [0.1, 0.15) is 11.5 Å². The maximum atomic E-state index is 10.0. The molecule has 0 fully saturated rings. The fourth-order valence-corrected chi connectivity index (χ4v) is 18.8. The molecule has 0 aliphatic carbocycles. The summed E-state index contributed by atoms with van der Waals surface area (Å²) in [7, 11) is -5.02. The molecular formula is C102H87B6Cl2N7O13S2. The third-order valence-corrected chi connectivity index (χ3v) is 26.0. The maximum absolute atomic E-state index is 10.0. The highest BCUT2D eigenvalue weighted by molar-refractivity contribution is 7.99. The molecule has 0 amide bonds. The zero-order valence-electron chi connectivity index (χ0n) is 72.0. The van der Waals surface area contributed by atoms with Crippen LogP contribution in [0.15, 0.2) is 314 Å². The molecule has 0 saturated heterocycles. The van der Waals surface area contributed by atoms with Gasteiger partial charge in [0.05, 0.1) is 74.9 Å². The first-order valence-electron chi connectivity index (χ1n) is 43.2. The fraction of sp³-hybridized carbons (Fsp3) is 0.147. The lowest BCUT2D eigenvalue weighted by molar-refractivity contribution is 0.275. The Kier molecular flexibility index (Phi) is 29.8. The average Bonchev–Trinajstić information content (AvgIpc) is 1.62. The van der Waals surface area contributed by atoms with Crippen LogP contribution >= 0.6 is 46.7 Å². The predicted octanol–water partition coefficient (Wildman–Crippen LogP) is 16.2. The van der Waals surface area contributed by atoms with E-state index in [1.807, 2.05) is 128 Å². The zero-order valence-corrected chi connectivity index (χ0v) is 75.1. The van der Waals surface area contributed by atoms with E-state index in [4.69, 9.17) is 73.0 Å². The molecule has 22 rings (SSSR count). The first kappa shape index (κ1) is 91.6. The van der Waals surface area contributed by atoms with Crippen LogP contribution in [0.3, 0.4) is 0 Å². The highest BCUT2D eigenvalue weighted by atomic mass is 35.5. The largest absolute Gasteiger partial charge is 0.495 e. The van der Waals surface area contributed by atoms with Gasteiger partial charge in [0, 0.05) is 120 Å². The molecule has 9 heterocycles. The minimum absolute atomic E-state index is 0.393. The number of fused-ring (bicyclic) bond motifs is 9. The van der Waals surface area contributed by atoms with Crippen molar-refractivity contribution >= 4 is 166 Å². The second kappa shape index (κ2) is 43.0. The predicted molar refractivity (Wildman–Crippen MR) is 530 cm³/mol. The maximum Gasteiger partial charge on any atom is 0.495 e. The summed E-state index contributed by atoms with van der Waals surface area (Å²) in [4.78, 5) is 7.91. The van der Waals surface area contributed by atoms with Crippen LogP contribution in [-0.4, -0.2) is 98.1 Å². The molecule has 132 heavy (non-hydrogen) atoms. The van der Waals surface area contributed by atoms with Gasteiger partial charge < -0.3 is 81.4 Å². The number of aromatic nitrogens is 3. The van der Waals surface area contributed by atoms with Crippen LogP contribution in [-0.2, 0) is 93.5 Å². The molecule has 0 atom stereocenters. The van der Waals surface area contributed by atoms with Crippen molar-refractivity contribution in [2.45, 2.75) is 95.1 Å². The van der Waals surface area contributed by atoms with Crippen molar-refractivity contribution in [2.75, 3.05) is 16.4 Å². The Morgan fingerprint density at radius 1 is 0.417 bits per heavy atom. The Hall–Kier alpha value is -12.3. The molecule has 20 nitrogen and oxygen atoms in total. The number of hydrogen-bond acceptors (Lipinski definition) is 18. The van der Waals surface area contributed by atoms with E-state index >= 15 is 0 Å². The molecule has 13 aromatic carbocycles. The van der Waals surface area contributed by atoms with Gasteiger partial charge in [-0.1, -0.05) is 193 Å². The van der Waals surface area contributed by atoms with Crippen LogP contribution in [0.4, 0.5) is 11.4 Å². The number of nitriles is 2. The smallest absolute Gasteiger partial charge is 0.458 e. The van der Waals surface area contributed by atoms with Gasteiger partial charge in [-0.15, -0.1) is 23.5 Å². The highest BCUT2D eigenvalue weighted by Crippen LogP contribution is 2.38. The second-order valence-electron chi connectivity index (χ2n) is 32.2. The van der Waals surface area contributed by atoms with Gasteiger partial charge in [0.2, 0.25) is 0 Å². The summed E-state index contributed by atoms with van der Waals surface area (Å²) in [6.45, 7) is 13.4. The van der Waals surface area contributed by atoms with Gasteiger partial charge in [0.25, 0.3) is 0 Å². The first-order chi connectivity index (χ1) is 64.5. The molecule has 6 aliphatic heterocycles. The van der Waals surface area contributed by atoms with Crippen LogP contribution in [0, 0.1) is 36.2 Å². The van der Waals surface area contributed by atoms with Crippen LogP contribution in [0.25, 0.3) is 54.6 Å². The molecule has 30 heteroatoms. The van der Waals surface area contributed by atoms with E-state index in [2.05, 4.69) is 188 Å². The topological polar surface area (TPSA) is 256 Å². The lowest BCUT2D eigenvalue weighted by Gasteiger charge is -2.26. The molecule has 3 aromatic heterocycles. The van der Waals surface area contributed by atoms with Crippen molar-refractivity contribution in [1.82, 2.24) is 13.7 Å². The third-order valence-electron chi connectivity index (χ3n) is 23.5. The average molecular weight is 1820 g/mol. The minimum Gasteiger partial charge on any atom is -0.458 e. The summed E-state index contributed by atoms with van der Waals surface area (Å²) in [5.74, 6) is 2.72. The van der Waals surface area contributed by atoms with Crippen molar-refractivity contribution in [1.29, 1.82) is 10.5 Å². The van der Waals surface area contributed by atoms with Gasteiger partial charge in [-0.3, -0.25) is 0 Å². The number of benzene rings is 13. The van der Waals surface area contributed by atoms with Crippen LogP contribution in [0.2, 0.25) is 10.0 Å². The second-order valence-corrected chi connectivity index (χ2v) is 35.4. The summed E-state index contributed by atoms with van der Waals surface area (Å²) in [5, 5.41) is 81.6. The standard InChI is InChI=1S/C21H20BNO2.C19H17BN2O2S.C18H14BClN2O2S.C15H11BClNO2.C15H15BO2.C14H10BNO3/c24-22-21-13-20(12-11-19(21)16-25-22)23(14-17-7-3-1-4-8-17)15-18-9-5-2-6-10-18;1-13-3-6-18-16(9-13)19(25-8-2-7-21)11-22(18)15-5-4-14-12-24-20(23)17(14)10-15;20-13-3-5-17-15(8-13)18(25-7-1-6-21)10-22(17)14-4-2-12-11-24-19(23)16(12)9-14;17-12-2-4-15-10(7-12)5-6-18(15)13-3-1-11-9-20-16(19)14(11)8-13;17-16-15-10-13(8-9-14(15)11-18-16)7-6-12-4-2-1-3-5-12;1-16-11-5-7-12(8-6-11)19-13-4-2-3-10-9-18-15(17)14(10)13/h1-13,24H,14-16H2;3-6,9-11,23H,2,8,12H2,1H3;2-5,8-10,23H,1,7,11H2;1-8,19H,9H2;1-5,8-10,17H,6-7,11H2;2-8,17H,9H2. The summed E-state index contributed by atoms with van der Waals surface area (Å²) in [6, 6.07) is 98.8. The Balaban J connectivity index is 0.000000111. The molecule has 0 saturated carbocycles. The molecule has 0 unspecified atom stereocenters. The van der Waals surface area contributed by atoms with Gasteiger partial charge in [0.15, 0.2) is 5.69 Å². The van der Waals surface area contributed by atoms with Gasteiger partial charge >= 0.3 is 42.7 Å². The van der Waals surface area contributed by atoms with E-state index in [-0.39, 0.29) is 0 Å². The van der Waals surface area contributed by atoms with E-state index in [1.165, 1.54) is 38.1 Å². The normalized spacial score (nSPS) is 13.3. The van der Waals surface area contributed by atoms with Gasteiger partial charge in [-0.05, 0) is 224 Å². The number of anilines is 1. The number of thioether (sulfide) groups is 2. The molecule has 0 spiro atoms. The van der Waals surface area contributed by atoms with Gasteiger partial charge in [-0.25, -0.2) is 4.85 Å². The van der Waals surface area contributed by atoms with E-state index in [1.54, 1.807) is 53.9 Å². The van der Waals surface area contributed by atoms with Crippen LogP contribution in [0.5, 0.6) is 11.5 Å². The molecule has 6 aliphatic rings. The summed E-state index contributed by atoms with van der Waals surface area (Å²) in [6.07, 6.45) is 9.24. The zero-order chi connectivity index (χ0) is 91.1. The van der Waals surface area contributed by atoms with Gasteiger partial charge in [-0.2, -0.15) is 10.5 Å². The Morgan fingerprint density at radius 2 is 0.856 bits per heavy atom. The van der Waals surface area contributed by atoms with Crippen molar-refractivity contribution in [3.63, 3.8) is 0 Å². The quantitative estimate of drug-likeness (QED) is 0.0190. The Morgan fingerprint density at radius 3 is 1.38 bits per heavy atom. The SMILES string of the molecule is Cc1ccc2c(c1)c(SCCC#N)cn2-c1ccc2c(c1)B(O)OC2.N#CCCSc1cn(-c2ccc3c(c2)B(O)OC3)c2ccc(Cl)cc12.OB1OCc2ccc(-n3ccc4cc(Cl)ccc43)cc21.OB1OCc2ccc(CCc3ccccc3)cc21.OB1OCc2ccc(N(Cc3ccccc3)Cc3ccccc3)cc21.[C-]#[N+]c1ccc(Oc2cccc3c2B(O)OC3)cc1. The lowest BCUT2D eigenvalue weighted by Crippen LogP contribution is -2.30. The Labute approximate surface area is 786 Å². The van der Waals surface area contributed by atoms with E-state index in [9.17, 15) is 30.1 Å². The van der Waals surface area contributed by atoms with Crippen LogP contribution in [0.1, 0.15) is 74.0 Å². The minimum atomic E-state index is -0.936. The van der Waals surface area contributed by atoms with E-state index in [0.29, 0.717) is 80.2 Å². The highest BCUT2D eigenvalue weighted by Gasteiger charge is 2.34. The molecular weight excluding hydrogens is 1730 g/mol. The van der Waals surface area contributed by atoms with Crippen LogP contribution < -0.4 is 42.4 Å². The third kappa shape index (κ3) is 21.7. The van der Waals surface area contributed by atoms with Crippen molar-refractivity contribution < 1.29 is 62.8 Å². The summed E-state index contributed by atoms with van der Waals surface area (Å²) < 4.78 is 43.6. The summed E-state index contributed by atoms with van der Waals surface area (Å²) >= 11 is 15.5. The van der Waals surface area contributed by atoms with E-state index in [0.717, 1.165) is 158 Å². The number of halogens is 2. The lowest BCUT2D eigenvalue weighted by atomic mass is 9.78. The van der Waals surface area contributed by atoms with Crippen molar-refractivity contribution in [2.24, 2.45) is 0 Å². The fourth-order valence-electron chi connectivity index (χ4n) is 16.6. The monoisotopic (exact) mass is 1820 g/mol. The molecule has 652 valence electrons. The first-order valence-corrected chi connectivity index (χ1v) is 45.9.